The maximum Gasteiger partial charge on any atom is 0.264 e. The zero-order valence-corrected chi connectivity index (χ0v) is 11.1. The van der Waals surface area contributed by atoms with Crippen LogP contribution in [0.15, 0.2) is 24.5 Å². The number of aromatic nitrogens is 2. The van der Waals surface area contributed by atoms with Crippen molar-refractivity contribution in [2.75, 3.05) is 7.05 Å². The van der Waals surface area contributed by atoms with Gasteiger partial charge >= 0.3 is 0 Å². The number of rotatable bonds is 3. The van der Waals surface area contributed by atoms with Gasteiger partial charge in [0.15, 0.2) is 0 Å². The molecule has 2 rings (SSSR count). The maximum absolute atomic E-state index is 12.0. The monoisotopic (exact) mass is 269 g/mol. The molecule has 0 saturated carbocycles. The summed E-state index contributed by atoms with van der Waals surface area (Å²) in [4.78, 5) is 14.3. The summed E-state index contributed by atoms with van der Waals surface area (Å²) in [5.41, 5.74) is 1.01. The van der Waals surface area contributed by atoms with E-state index in [0.717, 1.165) is 5.56 Å². The molecule has 6 heteroatoms. The highest BCUT2D eigenvalue weighted by molar-refractivity contribution is 7.17. The zero-order valence-electron chi connectivity index (χ0n) is 9.55. The quantitative estimate of drug-likeness (QED) is 0.858. The first-order valence-electron chi connectivity index (χ1n) is 5.04. The molecule has 0 saturated heterocycles. The van der Waals surface area contributed by atoms with Gasteiger partial charge in [-0.1, -0.05) is 11.6 Å². The number of carbonyl (C=O) groups is 1. The van der Waals surface area contributed by atoms with Crippen LogP contribution in [0.2, 0.25) is 4.34 Å². The number of aryl methyl sites for hydroxylation is 1. The van der Waals surface area contributed by atoms with Crippen molar-refractivity contribution in [1.29, 1.82) is 0 Å². The summed E-state index contributed by atoms with van der Waals surface area (Å²) < 4.78 is 2.35. The minimum absolute atomic E-state index is 0.0225. The second kappa shape index (κ2) is 4.89. The van der Waals surface area contributed by atoms with Gasteiger partial charge in [-0.3, -0.25) is 9.48 Å². The molecule has 0 spiro atoms. The number of halogens is 1. The topological polar surface area (TPSA) is 38.1 Å². The largest absolute Gasteiger partial charge is 0.337 e. The lowest BCUT2D eigenvalue weighted by Gasteiger charge is -2.14. The first kappa shape index (κ1) is 12.1. The number of hydrogen-bond donors (Lipinski definition) is 0. The second-order valence-corrected chi connectivity index (χ2v) is 5.50. The highest BCUT2D eigenvalue weighted by atomic mass is 35.5. The van der Waals surface area contributed by atoms with Crippen molar-refractivity contribution >= 4 is 28.8 Å². The second-order valence-electron chi connectivity index (χ2n) is 3.79. The SMILES string of the molecule is CN(Cc1cnn(C)c1)C(=O)c1ccc(Cl)s1. The molecule has 0 radical (unpaired) electrons. The Kier molecular flexibility index (Phi) is 3.49. The first-order valence-corrected chi connectivity index (χ1v) is 6.24. The lowest BCUT2D eigenvalue weighted by atomic mass is 10.3. The van der Waals surface area contributed by atoms with Gasteiger partial charge in [0, 0.05) is 32.4 Å². The van der Waals surface area contributed by atoms with Crippen LogP contribution in [0.25, 0.3) is 0 Å². The van der Waals surface area contributed by atoms with Gasteiger partial charge in [0.05, 0.1) is 15.4 Å². The normalized spacial score (nSPS) is 10.5. The standard InChI is InChI=1S/C11H12ClN3OS/c1-14(6-8-5-13-15(2)7-8)11(16)9-3-4-10(12)17-9/h3-5,7H,6H2,1-2H3. The fraction of sp³-hybridized carbons (Fsp3) is 0.273. The minimum atomic E-state index is -0.0225. The van der Waals surface area contributed by atoms with Crippen molar-refractivity contribution in [3.05, 3.63) is 39.3 Å². The van der Waals surface area contributed by atoms with E-state index in [4.69, 9.17) is 11.6 Å². The Labute approximate surface area is 108 Å². The van der Waals surface area contributed by atoms with Crippen LogP contribution in [-0.4, -0.2) is 27.6 Å². The zero-order chi connectivity index (χ0) is 12.4. The van der Waals surface area contributed by atoms with Crippen LogP contribution in [0, 0.1) is 0 Å². The maximum atomic E-state index is 12.0. The van der Waals surface area contributed by atoms with Crippen LogP contribution >= 0.6 is 22.9 Å². The van der Waals surface area contributed by atoms with E-state index in [9.17, 15) is 4.79 Å². The molecule has 2 aromatic rings. The van der Waals surface area contributed by atoms with Crippen LogP contribution in [0.3, 0.4) is 0 Å². The summed E-state index contributed by atoms with van der Waals surface area (Å²) in [6.07, 6.45) is 3.65. The molecule has 0 unspecified atom stereocenters. The minimum Gasteiger partial charge on any atom is -0.337 e. The average Bonchev–Trinajstić information content (AvgIpc) is 2.87. The molecule has 0 aliphatic rings. The summed E-state index contributed by atoms with van der Waals surface area (Å²) >= 11 is 7.10. The summed E-state index contributed by atoms with van der Waals surface area (Å²) in [6.45, 7) is 0.544. The van der Waals surface area contributed by atoms with Crippen molar-refractivity contribution < 1.29 is 4.79 Å². The predicted octanol–water partition coefficient (Wildman–Crippen LogP) is 2.41. The summed E-state index contributed by atoms with van der Waals surface area (Å²) in [5.74, 6) is -0.0225. The predicted molar refractivity (Wildman–Crippen MR) is 68.3 cm³/mol. The third kappa shape index (κ3) is 2.87. The van der Waals surface area contributed by atoms with Gasteiger partial charge in [-0.25, -0.2) is 0 Å². The van der Waals surface area contributed by atoms with Crippen molar-refractivity contribution in [2.24, 2.45) is 7.05 Å². The van der Waals surface area contributed by atoms with E-state index >= 15 is 0 Å². The van der Waals surface area contributed by atoms with Crippen LogP contribution in [0.1, 0.15) is 15.2 Å². The van der Waals surface area contributed by atoms with Gasteiger partial charge in [0.25, 0.3) is 5.91 Å². The van der Waals surface area contributed by atoms with E-state index in [-0.39, 0.29) is 5.91 Å². The average molecular weight is 270 g/mol. The lowest BCUT2D eigenvalue weighted by molar-refractivity contribution is 0.0790. The number of thiophene rings is 1. The number of carbonyl (C=O) groups excluding carboxylic acids is 1. The summed E-state index contributed by atoms with van der Waals surface area (Å²) in [5, 5.41) is 4.07. The van der Waals surface area contributed by atoms with Gasteiger partial charge in [0.1, 0.15) is 0 Å². The Morgan fingerprint density at radius 2 is 2.35 bits per heavy atom. The van der Waals surface area contributed by atoms with E-state index in [1.165, 1.54) is 11.3 Å². The van der Waals surface area contributed by atoms with E-state index in [0.29, 0.717) is 15.8 Å². The molecule has 0 atom stereocenters. The molecule has 2 heterocycles. The molecule has 0 aliphatic carbocycles. The van der Waals surface area contributed by atoms with E-state index in [1.54, 1.807) is 35.0 Å². The molecule has 0 aliphatic heterocycles. The van der Waals surface area contributed by atoms with E-state index in [2.05, 4.69) is 5.10 Å². The van der Waals surface area contributed by atoms with Crippen molar-refractivity contribution in [1.82, 2.24) is 14.7 Å². The van der Waals surface area contributed by atoms with Crippen molar-refractivity contribution in [3.8, 4) is 0 Å². The Bertz CT molecular complexity index is 534. The third-order valence-electron chi connectivity index (χ3n) is 2.31. The molecule has 4 nitrogen and oxygen atoms in total. The van der Waals surface area contributed by atoms with Crippen LogP contribution in [0.4, 0.5) is 0 Å². The molecule has 0 bridgehead atoms. The highest BCUT2D eigenvalue weighted by Gasteiger charge is 2.14. The smallest absolute Gasteiger partial charge is 0.264 e. The van der Waals surface area contributed by atoms with Crippen LogP contribution in [-0.2, 0) is 13.6 Å². The Hall–Kier alpha value is -1.33. The van der Waals surface area contributed by atoms with Gasteiger partial charge in [0.2, 0.25) is 0 Å². The Balaban J connectivity index is 2.05. The van der Waals surface area contributed by atoms with Crippen molar-refractivity contribution in [3.63, 3.8) is 0 Å². The Morgan fingerprint density at radius 3 is 2.88 bits per heavy atom. The third-order valence-corrected chi connectivity index (χ3v) is 3.53. The molecule has 17 heavy (non-hydrogen) atoms. The van der Waals surface area contributed by atoms with E-state index < -0.39 is 0 Å². The molecule has 1 amide bonds. The number of nitrogens with zero attached hydrogens (tertiary/aromatic N) is 3. The van der Waals surface area contributed by atoms with Gasteiger partial charge in [-0.15, -0.1) is 11.3 Å². The van der Waals surface area contributed by atoms with Gasteiger partial charge in [-0.2, -0.15) is 5.10 Å². The first-order chi connectivity index (χ1) is 8.06. The molecular weight excluding hydrogens is 258 g/mol. The van der Waals surface area contributed by atoms with Gasteiger partial charge in [-0.05, 0) is 12.1 Å². The lowest BCUT2D eigenvalue weighted by Crippen LogP contribution is -2.25. The molecule has 2 aromatic heterocycles. The summed E-state index contributed by atoms with van der Waals surface area (Å²) in [6, 6.07) is 3.48. The molecule has 0 fully saturated rings. The van der Waals surface area contributed by atoms with Gasteiger partial charge < -0.3 is 4.90 Å². The molecule has 0 N–H and O–H groups in total. The Morgan fingerprint density at radius 1 is 1.59 bits per heavy atom. The number of amides is 1. The van der Waals surface area contributed by atoms with Crippen LogP contribution in [0.5, 0.6) is 0 Å². The molecule has 0 aromatic carbocycles. The van der Waals surface area contributed by atoms with Crippen LogP contribution < -0.4 is 0 Å². The fourth-order valence-corrected chi connectivity index (χ4v) is 2.55. The highest BCUT2D eigenvalue weighted by Crippen LogP contribution is 2.22. The number of hydrogen-bond acceptors (Lipinski definition) is 3. The molecular formula is C11H12ClN3OS. The summed E-state index contributed by atoms with van der Waals surface area (Å²) in [7, 11) is 3.62. The van der Waals surface area contributed by atoms with E-state index in [1.807, 2.05) is 13.2 Å². The van der Waals surface area contributed by atoms with Crippen molar-refractivity contribution in [2.45, 2.75) is 6.54 Å². The fourth-order valence-electron chi connectivity index (χ4n) is 1.52. The molecule has 90 valence electrons.